The molecule has 0 spiro atoms. The normalized spacial score (nSPS) is 15.5. The minimum atomic E-state index is -2.72. The van der Waals surface area contributed by atoms with E-state index in [1.165, 1.54) is 24.2 Å². The summed E-state index contributed by atoms with van der Waals surface area (Å²) >= 11 is 0. The molecule has 2 aromatic rings. The minimum Gasteiger partial charge on any atom is -0.468 e. The Hall–Kier alpha value is -3.04. The van der Waals surface area contributed by atoms with Gasteiger partial charge in [-0.25, -0.2) is 4.68 Å². The van der Waals surface area contributed by atoms with Crippen molar-refractivity contribution in [2.24, 2.45) is 4.99 Å². The molecule has 10 heteroatoms. The molecule has 0 saturated carbocycles. The van der Waals surface area contributed by atoms with Crippen molar-refractivity contribution >= 4 is 24.7 Å². The molecule has 3 heterocycles. The summed E-state index contributed by atoms with van der Waals surface area (Å²) in [6, 6.07) is 1.62. The van der Waals surface area contributed by atoms with Crippen molar-refractivity contribution < 1.29 is 18.2 Å². The van der Waals surface area contributed by atoms with Crippen molar-refractivity contribution in [2.75, 3.05) is 7.11 Å². The van der Waals surface area contributed by atoms with E-state index in [0.29, 0.717) is 28.2 Å². The van der Waals surface area contributed by atoms with E-state index in [-0.39, 0.29) is 6.54 Å². The standard InChI is InChI=1S/C17H18BF2N5O2/c1-10-5-11(2)21-17(10)12(3)15-6-13(7-25(15)18(19)20)14-8-24(23-22-14)9-16(26)27-4/h5-8H,9H2,1-4H3/b17-12-. The van der Waals surface area contributed by atoms with Crippen LogP contribution in [-0.4, -0.2) is 45.7 Å². The van der Waals surface area contributed by atoms with Gasteiger partial charge in [0.1, 0.15) is 12.2 Å². The van der Waals surface area contributed by atoms with Crippen LogP contribution in [0.5, 0.6) is 0 Å². The molecule has 0 unspecified atom stereocenters. The monoisotopic (exact) mass is 373 g/mol. The zero-order valence-electron chi connectivity index (χ0n) is 15.4. The van der Waals surface area contributed by atoms with E-state index in [2.05, 4.69) is 20.0 Å². The third-order valence-electron chi connectivity index (χ3n) is 4.24. The number of aromatic nitrogens is 4. The number of nitrogens with zero attached hydrogens (tertiary/aromatic N) is 5. The smallest absolute Gasteiger partial charge is 0.468 e. The van der Waals surface area contributed by atoms with E-state index in [1.54, 1.807) is 13.0 Å². The van der Waals surface area contributed by atoms with Crippen LogP contribution in [0.1, 0.15) is 26.5 Å². The SMILES string of the molecule is COC(=O)Cn1cc(-c2cc(/C(C)=C3\N=C(C)C=C3C)n(B(F)F)c2)nn1. The topological polar surface area (TPSA) is 74.3 Å². The maximum atomic E-state index is 13.6. The van der Waals surface area contributed by atoms with Crippen LogP contribution >= 0.6 is 0 Å². The zero-order chi connectivity index (χ0) is 19.7. The summed E-state index contributed by atoms with van der Waals surface area (Å²) in [7, 11) is -1.44. The lowest BCUT2D eigenvalue weighted by Gasteiger charge is -2.08. The van der Waals surface area contributed by atoms with Crippen molar-refractivity contribution in [2.45, 2.75) is 27.3 Å². The van der Waals surface area contributed by atoms with Gasteiger partial charge in [0.15, 0.2) is 0 Å². The number of allylic oxidation sites excluding steroid dienone is 3. The van der Waals surface area contributed by atoms with Gasteiger partial charge in [-0.05, 0) is 44.1 Å². The average Bonchev–Trinajstić information content (AvgIpc) is 3.32. The van der Waals surface area contributed by atoms with E-state index in [0.717, 1.165) is 15.8 Å². The van der Waals surface area contributed by atoms with Crippen LogP contribution in [0, 0.1) is 0 Å². The quantitative estimate of drug-likeness (QED) is 0.597. The molecule has 0 fully saturated rings. The van der Waals surface area contributed by atoms with Gasteiger partial charge in [0.05, 0.1) is 19.0 Å². The van der Waals surface area contributed by atoms with Crippen molar-refractivity contribution in [1.29, 1.82) is 0 Å². The molecule has 0 aromatic carbocycles. The molecule has 1 aliphatic heterocycles. The molecule has 0 radical (unpaired) electrons. The first-order valence-electron chi connectivity index (χ1n) is 8.22. The summed E-state index contributed by atoms with van der Waals surface area (Å²) in [6.07, 6.45) is 4.74. The van der Waals surface area contributed by atoms with Gasteiger partial charge in [-0.1, -0.05) is 5.21 Å². The van der Waals surface area contributed by atoms with Crippen molar-refractivity contribution in [3.05, 3.63) is 41.5 Å². The van der Waals surface area contributed by atoms with Gasteiger partial charge in [0.25, 0.3) is 0 Å². The molecule has 0 atom stereocenters. The highest BCUT2D eigenvalue weighted by Crippen LogP contribution is 2.31. The van der Waals surface area contributed by atoms with Gasteiger partial charge in [-0.3, -0.25) is 18.4 Å². The van der Waals surface area contributed by atoms with Gasteiger partial charge in [0, 0.05) is 23.2 Å². The van der Waals surface area contributed by atoms with Crippen LogP contribution in [-0.2, 0) is 16.1 Å². The number of aliphatic imine (C=N–C) groups is 1. The fraction of sp³-hybridized carbons (Fsp3) is 0.294. The molecule has 140 valence electrons. The van der Waals surface area contributed by atoms with Gasteiger partial charge in [-0.2, -0.15) is 0 Å². The number of carbonyl (C=O) groups is 1. The lowest BCUT2D eigenvalue weighted by atomic mass is 10.1. The second-order valence-electron chi connectivity index (χ2n) is 6.23. The molecule has 0 bridgehead atoms. The minimum absolute atomic E-state index is 0.104. The first-order valence-corrected chi connectivity index (χ1v) is 8.22. The van der Waals surface area contributed by atoms with Gasteiger partial charge >= 0.3 is 13.4 Å². The number of ether oxygens (including phenoxy) is 1. The molecular weight excluding hydrogens is 355 g/mol. The van der Waals surface area contributed by atoms with Crippen molar-refractivity contribution in [3.8, 4) is 11.3 Å². The molecule has 0 N–H and O–H groups in total. The number of esters is 1. The summed E-state index contributed by atoms with van der Waals surface area (Å²) in [4.78, 5) is 15.8. The molecule has 27 heavy (non-hydrogen) atoms. The fourth-order valence-electron chi connectivity index (χ4n) is 2.97. The van der Waals surface area contributed by atoms with E-state index in [9.17, 15) is 13.4 Å². The summed E-state index contributed by atoms with van der Waals surface area (Å²) in [5, 5.41) is 7.80. The third kappa shape index (κ3) is 3.74. The second-order valence-corrected chi connectivity index (χ2v) is 6.23. The number of halogens is 2. The molecular formula is C17H18BF2N5O2. The number of hydrogen-bond donors (Lipinski definition) is 0. The van der Waals surface area contributed by atoms with E-state index in [4.69, 9.17) is 0 Å². The van der Waals surface area contributed by atoms with Crippen LogP contribution in [0.25, 0.3) is 16.8 Å². The lowest BCUT2D eigenvalue weighted by molar-refractivity contribution is -0.141. The maximum Gasteiger partial charge on any atom is 0.677 e. The molecule has 2 aromatic heterocycles. The van der Waals surface area contributed by atoms with E-state index in [1.807, 2.05) is 19.9 Å². The Balaban J connectivity index is 2.01. The summed E-state index contributed by atoms with van der Waals surface area (Å²) < 4.78 is 33.9. The van der Waals surface area contributed by atoms with Crippen LogP contribution in [0.2, 0.25) is 0 Å². The van der Waals surface area contributed by atoms with Gasteiger partial charge in [0.2, 0.25) is 0 Å². The Bertz CT molecular complexity index is 987. The molecule has 0 aliphatic carbocycles. The summed E-state index contributed by atoms with van der Waals surface area (Å²) in [5.74, 6) is -0.477. The van der Waals surface area contributed by atoms with Crippen molar-refractivity contribution in [1.82, 2.24) is 19.5 Å². The van der Waals surface area contributed by atoms with Crippen LogP contribution in [0.15, 0.2) is 40.8 Å². The first kappa shape index (κ1) is 18.7. The Kier molecular flexibility index (Phi) is 5.07. The summed E-state index contributed by atoms with van der Waals surface area (Å²) in [6.45, 7) is 5.42. The fourth-order valence-corrected chi connectivity index (χ4v) is 2.97. The molecule has 3 rings (SSSR count). The van der Waals surface area contributed by atoms with E-state index >= 15 is 0 Å². The molecule has 0 saturated heterocycles. The average molecular weight is 373 g/mol. The predicted molar refractivity (Wildman–Crippen MR) is 98.3 cm³/mol. The summed E-state index contributed by atoms with van der Waals surface area (Å²) in [5.41, 5.74) is 4.31. The number of methoxy groups -OCH3 is 1. The number of carbonyl (C=O) groups excluding carboxylic acids is 1. The van der Waals surface area contributed by atoms with Crippen LogP contribution in [0.3, 0.4) is 0 Å². The van der Waals surface area contributed by atoms with Crippen LogP contribution in [0.4, 0.5) is 8.63 Å². The lowest BCUT2D eigenvalue weighted by Crippen LogP contribution is -2.14. The Morgan fingerprint density at radius 1 is 1.30 bits per heavy atom. The number of rotatable bonds is 5. The van der Waals surface area contributed by atoms with E-state index < -0.39 is 13.4 Å². The molecule has 7 nitrogen and oxygen atoms in total. The Morgan fingerprint density at radius 2 is 2.04 bits per heavy atom. The molecule has 1 aliphatic rings. The predicted octanol–water partition coefficient (Wildman–Crippen LogP) is 2.84. The van der Waals surface area contributed by atoms with Gasteiger partial charge in [-0.15, -0.1) is 5.10 Å². The Labute approximate surface area is 155 Å². The molecule has 0 amide bonds. The van der Waals surface area contributed by atoms with Crippen LogP contribution < -0.4 is 0 Å². The first-order chi connectivity index (χ1) is 12.8. The highest BCUT2D eigenvalue weighted by Gasteiger charge is 2.25. The maximum absolute atomic E-state index is 13.6. The number of hydrogen-bond acceptors (Lipinski definition) is 5. The Morgan fingerprint density at radius 3 is 2.63 bits per heavy atom. The largest absolute Gasteiger partial charge is 0.677 e. The third-order valence-corrected chi connectivity index (χ3v) is 4.24. The highest BCUT2D eigenvalue weighted by atomic mass is 19.2. The van der Waals surface area contributed by atoms with Crippen molar-refractivity contribution in [3.63, 3.8) is 0 Å². The highest BCUT2D eigenvalue weighted by molar-refractivity contribution is 6.41. The second kappa shape index (κ2) is 7.30. The zero-order valence-corrected chi connectivity index (χ0v) is 15.4. The van der Waals surface area contributed by atoms with Gasteiger partial charge < -0.3 is 9.21 Å².